The zero-order chi connectivity index (χ0) is 28.1. The summed E-state index contributed by atoms with van der Waals surface area (Å²) in [4.78, 5) is 39.9. The molecule has 0 fully saturated rings. The Kier molecular flexibility index (Phi) is 7.04. The van der Waals surface area contributed by atoms with E-state index in [4.69, 9.17) is 4.74 Å². The fraction of sp³-hybridized carbons (Fsp3) is 0.387. The summed E-state index contributed by atoms with van der Waals surface area (Å²) in [5, 5.41) is 6.04. The van der Waals surface area contributed by atoms with Crippen LogP contribution in [0.2, 0.25) is 0 Å². The van der Waals surface area contributed by atoms with Crippen LogP contribution in [-0.2, 0) is 14.4 Å². The molecule has 0 aromatic heterocycles. The highest BCUT2D eigenvalue weighted by atomic mass is 79.9. The van der Waals surface area contributed by atoms with Gasteiger partial charge in [-0.2, -0.15) is 0 Å². The second-order valence-electron chi connectivity index (χ2n) is 12.2. The number of rotatable bonds is 5. The number of hydrogen-bond donors (Lipinski definition) is 2. The molecule has 2 aromatic rings. The smallest absolute Gasteiger partial charge is 0.262 e. The maximum Gasteiger partial charge on any atom is 0.262 e. The Balaban J connectivity index is 1.55. The van der Waals surface area contributed by atoms with Crippen molar-refractivity contribution in [2.75, 3.05) is 11.9 Å². The van der Waals surface area contributed by atoms with E-state index in [9.17, 15) is 18.8 Å². The molecule has 204 valence electrons. The lowest BCUT2D eigenvalue weighted by molar-refractivity contribution is -0.120. The molecule has 8 heteroatoms. The van der Waals surface area contributed by atoms with Crippen LogP contribution in [0.25, 0.3) is 0 Å². The Morgan fingerprint density at radius 2 is 1.56 bits per heavy atom. The van der Waals surface area contributed by atoms with Crippen LogP contribution in [0.3, 0.4) is 0 Å². The van der Waals surface area contributed by atoms with Gasteiger partial charge in [0, 0.05) is 51.3 Å². The molecule has 0 atom stereocenters. The molecular formula is C31H32BrFN2O4. The lowest BCUT2D eigenvalue weighted by atomic mass is 9.64. The maximum atomic E-state index is 14.0. The van der Waals surface area contributed by atoms with Gasteiger partial charge in [0.15, 0.2) is 18.2 Å². The van der Waals surface area contributed by atoms with Crippen LogP contribution >= 0.6 is 15.9 Å². The zero-order valence-corrected chi connectivity index (χ0v) is 24.1. The first kappa shape index (κ1) is 27.3. The van der Waals surface area contributed by atoms with Crippen molar-refractivity contribution >= 4 is 39.1 Å². The van der Waals surface area contributed by atoms with Crippen LogP contribution in [0.1, 0.15) is 64.9 Å². The Hall–Kier alpha value is -3.26. The van der Waals surface area contributed by atoms with E-state index in [-0.39, 0.29) is 34.7 Å². The molecule has 0 spiro atoms. The molecule has 6 nitrogen and oxygen atoms in total. The van der Waals surface area contributed by atoms with Gasteiger partial charge >= 0.3 is 0 Å². The first-order chi connectivity index (χ1) is 18.3. The van der Waals surface area contributed by atoms with Crippen molar-refractivity contribution in [2.24, 2.45) is 10.8 Å². The molecule has 0 saturated heterocycles. The molecule has 2 aliphatic carbocycles. The molecule has 5 rings (SSSR count). The monoisotopic (exact) mass is 594 g/mol. The molecule has 0 radical (unpaired) electrons. The van der Waals surface area contributed by atoms with E-state index in [1.165, 1.54) is 12.1 Å². The van der Waals surface area contributed by atoms with Gasteiger partial charge in [-0.1, -0.05) is 55.8 Å². The first-order valence-electron chi connectivity index (χ1n) is 13.1. The molecule has 1 aliphatic heterocycles. The predicted octanol–water partition coefficient (Wildman–Crippen LogP) is 6.58. The van der Waals surface area contributed by atoms with Crippen molar-refractivity contribution in [3.63, 3.8) is 0 Å². The standard InChI is InChI=1S/C31H32BrFN2O4/c1-30(2)12-21-28(23(36)14-30)27(29-22(34-21)13-31(3,4)15-24(29)37)18-11-17(32)9-10-25(18)39-16-26(38)35-20-8-6-5-7-19(20)33/h5-11,27,34H,12-16H2,1-4H3,(H,35,38). The number of nitrogens with one attached hydrogen (secondary N) is 2. The van der Waals surface area contributed by atoms with E-state index >= 15 is 0 Å². The number of benzene rings is 2. The number of hydrogen-bond acceptors (Lipinski definition) is 5. The summed E-state index contributed by atoms with van der Waals surface area (Å²) in [7, 11) is 0. The topological polar surface area (TPSA) is 84.5 Å². The predicted molar refractivity (Wildman–Crippen MR) is 151 cm³/mol. The Morgan fingerprint density at radius 1 is 0.974 bits per heavy atom. The molecule has 2 N–H and O–H groups in total. The van der Waals surface area contributed by atoms with Gasteiger partial charge in [-0.15, -0.1) is 0 Å². The molecule has 0 unspecified atom stereocenters. The Bertz CT molecular complexity index is 1400. The van der Waals surface area contributed by atoms with Gasteiger partial charge in [0.05, 0.1) is 5.69 Å². The van der Waals surface area contributed by atoms with Crippen LogP contribution in [0, 0.1) is 16.6 Å². The zero-order valence-electron chi connectivity index (χ0n) is 22.5. The average Bonchev–Trinajstić information content (AvgIpc) is 2.82. The summed E-state index contributed by atoms with van der Waals surface area (Å²) in [6.07, 6.45) is 2.12. The molecule has 1 heterocycles. The third-order valence-corrected chi connectivity index (χ3v) is 8.00. The quantitative estimate of drug-likeness (QED) is 0.408. The fourth-order valence-corrected chi connectivity index (χ4v) is 6.35. The third kappa shape index (κ3) is 5.57. The van der Waals surface area contributed by atoms with Crippen LogP contribution in [0.5, 0.6) is 5.75 Å². The second-order valence-corrected chi connectivity index (χ2v) is 13.1. The van der Waals surface area contributed by atoms with Gasteiger partial charge in [0.25, 0.3) is 5.91 Å². The van der Waals surface area contributed by atoms with Crippen molar-refractivity contribution in [2.45, 2.75) is 59.3 Å². The summed E-state index contributed by atoms with van der Waals surface area (Å²) in [5.41, 5.74) is 3.20. The van der Waals surface area contributed by atoms with Crippen molar-refractivity contribution < 1.29 is 23.5 Å². The highest BCUT2D eigenvalue weighted by molar-refractivity contribution is 9.10. The number of ketones is 2. The highest BCUT2D eigenvalue weighted by Gasteiger charge is 2.47. The molecule has 2 aromatic carbocycles. The Labute approximate surface area is 236 Å². The van der Waals surface area contributed by atoms with Gasteiger partial charge in [0.2, 0.25) is 0 Å². The van der Waals surface area contributed by atoms with E-state index in [0.29, 0.717) is 48.1 Å². The van der Waals surface area contributed by atoms with Gasteiger partial charge in [-0.05, 0) is 54.0 Å². The second kappa shape index (κ2) is 10.0. The number of dihydropyridines is 1. The summed E-state index contributed by atoms with van der Waals surface area (Å²) in [6, 6.07) is 11.3. The van der Waals surface area contributed by atoms with Gasteiger partial charge in [-0.3, -0.25) is 14.4 Å². The van der Waals surface area contributed by atoms with Crippen LogP contribution in [0.4, 0.5) is 10.1 Å². The number of carbonyl (C=O) groups is 3. The number of amides is 1. The maximum absolute atomic E-state index is 14.0. The van der Waals surface area contributed by atoms with E-state index in [0.717, 1.165) is 15.9 Å². The number of Topliss-reactive ketones (excluding diaryl/α,β-unsaturated/α-hetero) is 2. The molecular weight excluding hydrogens is 563 g/mol. The van der Waals surface area contributed by atoms with Crippen molar-refractivity contribution in [3.8, 4) is 5.75 Å². The minimum atomic E-state index is -0.606. The molecule has 0 saturated carbocycles. The minimum absolute atomic E-state index is 0.00570. The normalized spacial score (nSPS) is 20.3. The number of carbonyl (C=O) groups excluding carboxylic acids is 3. The van der Waals surface area contributed by atoms with Crippen LogP contribution < -0.4 is 15.4 Å². The van der Waals surface area contributed by atoms with E-state index < -0.39 is 17.6 Å². The van der Waals surface area contributed by atoms with Crippen LogP contribution in [0.15, 0.2) is 69.5 Å². The number of ether oxygens (including phenoxy) is 1. The summed E-state index contributed by atoms with van der Waals surface area (Å²) < 4.78 is 20.8. The van der Waals surface area contributed by atoms with E-state index in [2.05, 4.69) is 54.3 Å². The largest absolute Gasteiger partial charge is 0.483 e. The number of anilines is 1. The van der Waals surface area contributed by atoms with Crippen molar-refractivity contribution in [3.05, 3.63) is 80.9 Å². The number of para-hydroxylation sites is 1. The van der Waals surface area contributed by atoms with Crippen molar-refractivity contribution in [1.29, 1.82) is 0 Å². The summed E-state index contributed by atoms with van der Waals surface area (Å²) in [6.45, 7) is 7.94. The van der Waals surface area contributed by atoms with Crippen LogP contribution in [-0.4, -0.2) is 24.1 Å². The molecule has 39 heavy (non-hydrogen) atoms. The van der Waals surface area contributed by atoms with Gasteiger partial charge in [-0.25, -0.2) is 4.39 Å². The third-order valence-electron chi connectivity index (χ3n) is 7.51. The minimum Gasteiger partial charge on any atom is -0.483 e. The van der Waals surface area contributed by atoms with Gasteiger partial charge < -0.3 is 15.4 Å². The van der Waals surface area contributed by atoms with Gasteiger partial charge in [0.1, 0.15) is 11.6 Å². The molecule has 0 bridgehead atoms. The highest BCUT2D eigenvalue weighted by Crippen LogP contribution is 2.52. The molecule has 1 amide bonds. The van der Waals surface area contributed by atoms with E-state index in [1.54, 1.807) is 24.3 Å². The number of halogens is 2. The summed E-state index contributed by atoms with van der Waals surface area (Å²) >= 11 is 3.54. The lowest BCUT2D eigenvalue weighted by Crippen LogP contribution is -2.42. The molecule has 3 aliphatic rings. The fourth-order valence-electron chi connectivity index (χ4n) is 5.97. The number of allylic oxidation sites excluding steroid dienone is 4. The SMILES string of the molecule is CC1(C)CC(=O)C2=C(C1)NC1=C(C(=O)CC(C)(C)C1)C2c1cc(Br)ccc1OCC(=O)Nc1ccccc1F. The first-order valence-corrected chi connectivity index (χ1v) is 13.9. The van der Waals surface area contributed by atoms with E-state index in [1.807, 2.05) is 6.07 Å². The summed E-state index contributed by atoms with van der Waals surface area (Å²) in [5.74, 6) is -1.27. The average molecular weight is 596 g/mol. The Morgan fingerprint density at radius 3 is 2.15 bits per heavy atom. The lowest BCUT2D eigenvalue weighted by Gasteiger charge is -2.44. The van der Waals surface area contributed by atoms with Crippen molar-refractivity contribution in [1.82, 2.24) is 5.32 Å².